The zero-order valence-corrected chi connectivity index (χ0v) is 12.7. The van der Waals surface area contributed by atoms with Crippen LogP contribution in [0.25, 0.3) is 0 Å². The van der Waals surface area contributed by atoms with E-state index in [0.717, 1.165) is 7.14 Å². The molecule has 1 aromatic carbocycles. The predicted molar refractivity (Wildman–Crippen MR) is 77.5 cm³/mol. The summed E-state index contributed by atoms with van der Waals surface area (Å²) in [6.07, 6.45) is 0.615. The molecule has 1 rings (SSSR count). The molecule has 0 atom stereocenters. The van der Waals surface area contributed by atoms with Crippen molar-refractivity contribution >= 4 is 63.2 Å². The van der Waals surface area contributed by atoms with Crippen molar-refractivity contribution in [3.05, 3.63) is 24.8 Å². The number of carbonyl (C=O) groups is 2. The Morgan fingerprint density at radius 3 is 2.44 bits per heavy atom. The summed E-state index contributed by atoms with van der Waals surface area (Å²) in [6.45, 7) is 2.11. The topological polar surface area (TPSA) is 55.4 Å². The Labute approximate surface area is 120 Å². The Balaban J connectivity index is 3.08. The molecule has 0 radical (unpaired) electrons. The maximum Gasteiger partial charge on any atom is 0.338 e. The summed E-state index contributed by atoms with van der Waals surface area (Å²) in [5.41, 5.74) is 1.20. The number of ether oxygens (including phenoxy) is 1. The van der Waals surface area contributed by atoms with E-state index in [2.05, 4.69) is 50.5 Å². The smallest absolute Gasteiger partial charge is 0.338 e. The van der Waals surface area contributed by atoms with E-state index in [1.807, 2.05) is 0 Å². The van der Waals surface area contributed by atoms with Crippen molar-refractivity contribution in [2.45, 2.75) is 6.92 Å². The van der Waals surface area contributed by atoms with Crippen molar-refractivity contribution in [2.24, 2.45) is 0 Å². The first-order valence-corrected chi connectivity index (χ1v) is 6.62. The number of carbonyl (C=O) groups excluding carboxylic acids is 2. The summed E-state index contributed by atoms with van der Waals surface area (Å²) in [5, 5.41) is 2.59. The SMILES string of the molecule is CCOC(=O)c1cc(I)c(NC=O)c(I)c1. The highest BCUT2D eigenvalue weighted by atomic mass is 127. The number of halogens is 2. The van der Waals surface area contributed by atoms with Gasteiger partial charge in [-0.1, -0.05) is 0 Å². The quantitative estimate of drug-likeness (QED) is 0.441. The molecule has 4 nitrogen and oxygen atoms in total. The number of amides is 1. The van der Waals surface area contributed by atoms with Crippen LogP contribution in [0.1, 0.15) is 17.3 Å². The van der Waals surface area contributed by atoms with Crippen LogP contribution >= 0.6 is 45.2 Å². The van der Waals surface area contributed by atoms with Gasteiger partial charge in [-0.15, -0.1) is 0 Å². The average Bonchev–Trinajstić information content (AvgIpc) is 2.23. The maximum absolute atomic E-state index is 11.5. The Hall–Kier alpha value is -0.380. The third-order valence-corrected chi connectivity index (χ3v) is 3.46. The molecule has 0 heterocycles. The van der Waals surface area contributed by atoms with Crippen LogP contribution in [-0.4, -0.2) is 19.0 Å². The fraction of sp³-hybridized carbons (Fsp3) is 0.200. The molecule has 0 aromatic heterocycles. The van der Waals surface area contributed by atoms with E-state index in [4.69, 9.17) is 4.74 Å². The van der Waals surface area contributed by atoms with Crippen LogP contribution < -0.4 is 5.32 Å². The van der Waals surface area contributed by atoms with E-state index in [-0.39, 0.29) is 5.97 Å². The first kappa shape index (κ1) is 13.7. The molecule has 0 aliphatic heterocycles. The van der Waals surface area contributed by atoms with Crippen LogP contribution in [0.15, 0.2) is 12.1 Å². The molecule has 0 aliphatic carbocycles. The lowest BCUT2D eigenvalue weighted by atomic mass is 10.2. The molecule has 0 saturated heterocycles. The molecule has 1 aromatic rings. The van der Waals surface area contributed by atoms with Crippen molar-refractivity contribution in [3.8, 4) is 0 Å². The highest BCUT2D eigenvalue weighted by Crippen LogP contribution is 2.26. The second kappa shape index (κ2) is 6.38. The molecule has 0 fully saturated rings. The summed E-state index contributed by atoms with van der Waals surface area (Å²) in [7, 11) is 0. The van der Waals surface area contributed by atoms with E-state index < -0.39 is 0 Å². The molecule has 0 spiro atoms. The molecular formula is C10H9I2NO3. The van der Waals surface area contributed by atoms with Gasteiger partial charge >= 0.3 is 5.97 Å². The standard InChI is InChI=1S/C10H9I2NO3/c1-2-16-10(15)6-3-7(11)9(13-5-14)8(12)4-6/h3-5H,2H2,1H3,(H,13,14). The molecule has 86 valence electrons. The monoisotopic (exact) mass is 445 g/mol. The van der Waals surface area contributed by atoms with Crippen LogP contribution in [0, 0.1) is 7.14 Å². The number of hydrogen-bond donors (Lipinski definition) is 1. The molecule has 0 saturated carbocycles. The number of benzene rings is 1. The van der Waals surface area contributed by atoms with Crippen LogP contribution in [0.2, 0.25) is 0 Å². The Morgan fingerprint density at radius 2 is 2.00 bits per heavy atom. The average molecular weight is 445 g/mol. The second-order valence-corrected chi connectivity index (χ2v) is 5.12. The van der Waals surface area contributed by atoms with Crippen LogP contribution in [-0.2, 0) is 9.53 Å². The van der Waals surface area contributed by atoms with Gasteiger partial charge in [0.1, 0.15) is 0 Å². The summed E-state index contributed by atoms with van der Waals surface area (Å²) >= 11 is 4.13. The molecule has 16 heavy (non-hydrogen) atoms. The summed E-state index contributed by atoms with van der Waals surface area (Å²) in [6, 6.07) is 3.37. The van der Waals surface area contributed by atoms with E-state index >= 15 is 0 Å². The maximum atomic E-state index is 11.5. The van der Waals surface area contributed by atoms with Gasteiger partial charge in [0.15, 0.2) is 0 Å². The Kier molecular flexibility index (Phi) is 5.46. The normalized spacial score (nSPS) is 9.69. The van der Waals surface area contributed by atoms with Gasteiger partial charge in [0, 0.05) is 7.14 Å². The lowest BCUT2D eigenvalue weighted by Crippen LogP contribution is -2.07. The third-order valence-electron chi connectivity index (χ3n) is 1.76. The lowest BCUT2D eigenvalue weighted by molar-refractivity contribution is -0.105. The van der Waals surface area contributed by atoms with Gasteiger partial charge < -0.3 is 10.1 Å². The third kappa shape index (κ3) is 3.30. The highest BCUT2D eigenvalue weighted by Gasteiger charge is 2.12. The minimum Gasteiger partial charge on any atom is -0.462 e. The second-order valence-electron chi connectivity index (χ2n) is 2.80. The first-order chi connectivity index (χ1) is 7.60. The Morgan fingerprint density at radius 1 is 1.44 bits per heavy atom. The molecule has 0 aliphatic rings. The van der Waals surface area contributed by atoms with Crippen molar-refractivity contribution < 1.29 is 14.3 Å². The van der Waals surface area contributed by atoms with Crippen molar-refractivity contribution in [3.63, 3.8) is 0 Å². The van der Waals surface area contributed by atoms with Crippen LogP contribution in [0.5, 0.6) is 0 Å². The van der Waals surface area contributed by atoms with E-state index in [0.29, 0.717) is 24.3 Å². The molecular weight excluding hydrogens is 436 g/mol. The van der Waals surface area contributed by atoms with Gasteiger partial charge in [-0.3, -0.25) is 4.79 Å². The zero-order chi connectivity index (χ0) is 12.1. The number of nitrogens with one attached hydrogen (secondary N) is 1. The van der Waals surface area contributed by atoms with Crippen molar-refractivity contribution in [1.29, 1.82) is 0 Å². The number of esters is 1. The lowest BCUT2D eigenvalue weighted by Gasteiger charge is -2.08. The van der Waals surface area contributed by atoms with Crippen LogP contribution in [0.4, 0.5) is 5.69 Å². The zero-order valence-electron chi connectivity index (χ0n) is 8.42. The van der Waals surface area contributed by atoms with Gasteiger partial charge in [-0.2, -0.15) is 0 Å². The van der Waals surface area contributed by atoms with Gasteiger partial charge in [0.25, 0.3) is 0 Å². The molecule has 1 amide bonds. The van der Waals surface area contributed by atoms with Gasteiger partial charge in [-0.05, 0) is 64.2 Å². The Bertz CT molecular complexity index is 398. The fourth-order valence-corrected chi connectivity index (χ4v) is 3.18. The molecule has 0 bridgehead atoms. The fourth-order valence-electron chi connectivity index (χ4n) is 1.10. The summed E-state index contributed by atoms with van der Waals surface area (Å²) in [5.74, 6) is -0.351. The minimum atomic E-state index is -0.351. The molecule has 6 heteroatoms. The predicted octanol–water partition coefficient (Wildman–Crippen LogP) is 2.64. The summed E-state index contributed by atoms with van der Waals surface area (Å²) < 4.78 is 6.51. The van der Waals surface area contributed by atoms with Gasteiger partial charge in [0.2, 0.25) is 6.41 Å². The van der Waals surface area contributed by atoms with Gasteiger partial charge in [0.05, 0.1) is 17.9 Å². The minimum absolute atomic E-state index is 0.348. The van der Waals surface area contributed by atoms with Crippen molar-refractivity contribution in [2.75, 3.05) is 11.9 Å². The van der Waals surface area contributed by atoms with E-state index in [1.165, 1.54) is 0 Å². The van der Waals surface area contributed by atoms with Crippen LogP contribution in [0.3, 0.4) is 0 Å². The number of hydrogen-bond acceptors (Lipinski definition) is 3. The van der Waals surface area contributed by atoms with E-state index in [9.17, 15) is 9.59 Å². The van der Waals surface area contributed by atoms with Crippen molar-refractivity contribution in [1.82, 2.24) is 0 Å². The van der Waals surface area contributed by atoms with E-state index in [1.54, 1.807) is 19.1 Å². The van der Waals surface area contributed by atoms with Gasteiger partial charge in [-0.25, -0.2) is 4.79 Å². The first-order valence-electron chi connectivity index (χ1n) is 4.46. The summed E-state index contributed by atoms with van der Waals surface area (Å²) in [4.78, 5) is 21.9. The number of anilines is 1. The molecule has 0 unspecified atom stereocenters. The molecule has 1 N–H and O–H groups in total. The number of rotatable bonds is 4. The highest BCUT2D eigenvalue weighted by molar-refractivity contribution is 14.1. The largest absolute Gasteiger partial charge is 0.462 e.